The smallest absolute Gasteiger partial charge is 0.153 e. The van der Waals surface area contributed by atoms with Gasteiger partial charge >= 0.3 is 0 Å². The first kappa shape index (κ1) is 4.44. The van der Waals surface area contributed by atoms with E-state index in [1.807, 2.05) is 19.1 Å². The van der Waals surface area contributed by atoms with Crippen LogP contribution < -0.4 is 0 Å². The first-order valence-corrected chi connectivity index (χ1v) is 3.05. The molecule has 0 unspecified atom stereocenters. The third-order valence-corrected chi connectivity index (χ3v) is 1.33. The molecule has 0 N–H and O–H groups in total. The summed E-state index contributed by atoms with van der Waals surface area (Å²) in [6.45, 7) is 1.89. The fourth-order valence-corrected chi connectivity index (χ4v) is 0.850. The molecule has 0 radical (unpaired) electrons. The van der Waals surface area contributed by atoms with Crippen LogP contribution in [0.15, 0.2) is 24.5 Å². The van der Waals surface area contributed by atoms with Gasteiger partial charge in [0, 0.05) is 12.4 Å². The van der Waals surface area contributed by atoms with Crippen LogP contribution >= 0.6 is 0 Å². The van der Waals surface area contributed by atoms with Crippen molar-refractivity contribution < 1.29 is 1.37 Å². The van der Waals surface area contributed by atoms with E-state index in [1.165, 1.54) is 10.7 Å². The number of hydrogen-bond acceptors (Lipinski definition) is 2. The summed E-state index contributed by atoms with van der Waals surface area (Å²) in [6, 6.07) is 3.72. The molecule has 0 aliphatic rings. The number of imidazole rings is 1. The summed E-state index contributed by atoms with van der Waals surface area (Å²) in [5.41, 5.74) is 1.62. The summed E-state index contributed by atoms with van der Waals surface area (Å²) in [4.78, 5) is 3.97. The van der Waals surface area contributed by atoms with Crippen LogP contribution in [0.25, 0.3) is 5.65 Å². The van der Waals surface area contributed by atoms with E-state index < -0.39 is 0 Å². The topological polar surface area (TPSA) is 30.2 Å². The van der Waals surface area contributed by atoms with E-state index in [0.717, 1.165) is 11.3 Å². The van der Waals surface area contributed by atoms with Crippen molar-refractivity contribution in [3.63, 3.8) is 0 Å². The zero-order valence-corrected chi connectivity index (χ0v) is 5.57. The predicted molar refractivity (Wildman–Crippen MR) is 37.7 cm³/mol. The van der Waals surface area contributed by atoms with Crippen LogP contribution in [-0.4, -0.2) is 14.6 Å². The Morgan fingerprint density at radius 3 is 3.40 bits per heavy atom. The molecule has 3 nitrogen and oxygen atoms in total. The van der Waals surface area contributed by atoms with Crippen molar-refractivity contribution in [1.82, 2.24) is 14.6 Å². The summed E-state index contributed by atoms with van der Waals surface area (Å²) in [5.74, 6) is 0. The minimum atomic E-state index is 0.323. The molecule has 0 fully saturated rings. The molecule has 0 saturated heterocycles. The molecule has 2 aromatic heterocycles. The van der Waals surface area contributed by atoms with E-state index in [9.17, 15) is 0 Å². The largest absolute Gasteiger partial charge is 0.236 e. The van der Waals surface area contributed by atoms with E-state index in [0.29, 0.717) is 6.17 Å². The van der Waals surface area contributed by atoms with Gasteiger partial charge in [-0.05, 0) is 19.1 Å². The van der Waals surface area contributed by atoms with Crippen LogP contribution in [0.5, 0.6) is 0 Å². The lowest BCUT2D eigenvalue weighted by Gasteiger charge is -1.91. The van der Waals surface area contributed by atoms with Gasteiger partial charge in [0.05, 0.1) is 7.06 Å². The Labute approximate surface area is 59.7 Å². The van der Waals surface area contributed by atoms with Crippen LogP contribution in [0.2, 0.25) is 0 Å². The van der Waals surface area contributed by atoms with Gasteiger partial charge in [0.2, 0.25) is 0 Å². The highest BCUT2D eigenvalue weighted by atomic mass is 15.2. The van der Waals surface area contributed by atoms with Crippen molar-refractivity contribution in [2.45, 2.75) is 6.92 Å². The molecule has 0 aliphatic carbocycles. The molecule has 0 bridgehead atoms. The summed E-state index contributed by atoms with van der Waals surface area (Å²) in [6.07, 6.45) is 1.81. The third-order valence-electron chi connectivity index (χ3n) is 1.33. The highest BCUT2D eigenvalue weighted by Crippen LogP contribution is 1.97. The van der Waals surface area contributed by atoms with Gasteiger partial charge in [0.15, 0.2) is 5.65 Å². The van der Waals surface area contributed by atoms with Gasteiger partial charge in [-0.15, -0.1) is 0 Å². The maximum absolute atomic E-state index is 7.38. The van der Waals surface area contributed by atoms with E-state index >= 15 is 0 Å². The quantitative estimate of drug-likeness (QED) is 0.540. The van der Waals surface area contributed by atoms with Gasteiger partial charge < -0.3 is 0 Å². The van der Waals surface area contributed by atoms with Crippen molar-refractivity contribution in [2.24, 2.45) is 0 Å². The Balaban J connectivity index is 2.87. The normalized spacial score (nSPS) is 11.9. The van der Waals surface area contributed by atoms with Crippen LogP contribution in [-0.2, 0) is 0 Å². The van der Waals surface area contributed by atoms with Gasteiger partial charge in [-0.1, -0.05) is 0 Å². The third kappa shape index (κ3) is 0.673. The molecule has 2 aromatic rings. The second-order valence-corrected chi connectivity index (χ2v) is 2.13. The molecule has 2 rings (SSSR count). The highest BCUT2D eigenvalue weighted by molar-refractivity contribution is 5.35. The van der Waals surface area contributed by atoms with Crippen molar-refractivity contribution in [3.05, 3.63) is 30.2 Å². The lowest BCUT2D eigenvalue weighted by Crippen LogP contribution is -1.91. The maximum atomic E-state index is 7.38. The second-order valence-electron chi connectivity index (χ2n) is 2.13. The Hall–Kier alpha value is -1.38. The number of fused-ring (bicyclic) bond motifs is 1. The van der Waals surface area contributed by atoms with E-state index in [4.69, 9.17) is 1.37 Å². The molecular formula is C7H7N3. The number of rotatable bonds is 0. The van der Waals surface area contributed by atoms with Crippen molar-refractivity contribution >= 4 is 5.65 Å². The number of aromatic nitrogens is 3. The van der Waals surface area contributed by atoms with Crippen molar-refractivity contribution in [3.8, 4) is 0 Å². The molecule has 50 valence electrons. The summed E-state index contributed by atoms with van der Waals surface area (Å²) >= 11 is 0. The van der Waals surface area contributed by atoms with Gasteiger partial charge in [-0.3, -0.25) is 0 Å². The van der Waals surface area contributed by atoms with Gasteiger partial charge in [-0.25, -0.2) is 9.50 Å². The highest BCUT2D eigenvalue weighted by Gasteiger charge is 1.91. The summed E-state index contributed by atoms with van der Waals surface area (Å²) in [7, 11) is 0. The Kier molecular flexibility index (Phi) is 0.799. The lowest BCUT2D eigenvalue weighted by atomic mass is 10.4. The van der Waals surface area contributed by atoms with Gasteiger partial charge in [0.25, 0.3) is 0 Å². The Morgan fingerprint density at radius 1 is 1.60 bits per heavy atom. The summed E-state index contributed by atoms with van der Waals surface area (Å²) < 4.78 is 8.89. The Morgan fingerprint density at radius 2 is 2.50 bits per heavy atom. The van der Waals surface area contributed by atoms with Crippen LogP contribution in [0.4, 0.5) is 0 Å². The van der Waals surface area contributed by atoms with Gasteiger partial charge in [-0.2, -0.15) is 5.10 Å². The molecule has 0 aliphatic heterocycles. The van der Waals surface area contributed by atoms with Crippen molar-refractivity contribution in [2.75, 3.05) is 0 Å². The van der Waals surface area contributed by atoms with E-state index in [1.54, 1.807) is 0 Å². The molecule has 0 amide bonds. The molecule has 2 heterocycles. The zero-order chi connectivity index (χ0) is 7.84. The average molecular weight is 135 g/mol. The monoisotopic (exact) mass is 135 g/mol. The molecule has 0 aromatic carbocycles. The average Bonchev–Trinajstić information content (AvgIpc) is 2.33. The minimum absolute atomic E-state index is 0.323. The standard InChI is InChI=1S/C7H7N3/c1-6-2-3-7-8-4-5-10(7)9-6/h2-5H,1H3/i5T. The number of aryl methyl sites for hydroxylation is 1. The van der Waals surface area contributed by atoms with Crippen LogP contribution in [0.3, 0.4) is 0 Å². The van der Waals surface area contributed by atoms with Crippen LogP contribution in [0, 0.1) is 6.92 Å². The number of nitrogens with zero attached hydrogens (tertiary/aromatic N) is 3. The molecule has 0 atom stereocenters. The molecular weight excluding hydrogens is 126 g/mol. The number of hydrogen-bond donors (Lipinski definition) is 0. The van der Waals surface area contributed by atoms with Crippen LogP contribution in [0.1, 0.15) is 7.06 Å². The molecule has 10 heavy (non-hydrogen) atoms. The van der Waals surface area contributed by atoms with Crippen molar-refractivity contribution in [1.29, 1.82) is 0 Å². The zero-order valence-electron chi connectivity index (χ0n) is 6.57. The first-order valence-electron chi connectivity index (χ1n) is 3.55. The molecule has 0 spiro atoms. The summed E-state index contributed by atoms with van der Waals surface area (Å²) in [5, 5.41) is 4.10. The maximum Gasteiger partial charge on any atom is 0.153 e. The minimum Gasteiger partial charge on any atom is -0.236 e. The lowest BCUT2D eigenvalue weighted by molar-refractivity contribution is 0.901. The fraction of sp³-hybridized carbons (Fsp3) is 0.143. The molecule has 3 heteroatoms. The Bertz CT molecular complexity index is 393. The fourth-order valence-electron chi connectivity index (χ4n) is 0.850. The molecule has 0 saturated carbocycles. The second kappa shape index (κ2) is 1.80. The first-order chi connectivity index (χ1) is 5.27. The van der Waals surface area contributed by atoms with E-state index in [-0.39, 0.29) is 0 Å². The predicted octanol–water partition coefficient (Wildman–Crippen LogP) is 1.04. The van der Waals surface area contributed by atoms with E-state index in [2.05, 4.69) is 10.1 Å². The SMILES string of the molecule is [3H]c1cnc2ccc(C)nn12. The van der Waals surface area contributed by atoms with Gasteiger partial charge in [0.1, 0.15) is 0 Å².